The molecule has 0 bridgehead atoms. The van der Waals surface area contributed by atoms with E-state index in [1.54, 1.807) is 25.1 Å². The number of hydrogen-bond acceptors (Lipinski definition) is 5. The van der Waals surface area contributed by atoms with E-state index < -0.39 is 5.60 Å². The minimum atomic E-state index is -1.09. The summed E-state index contributed by atoms with van der Waals surface area (Å²) < 4.78 is 15.3. The third-order valence-corrected chi connectivity index (χ3v) is 2.92. The van der Waals surface area contributed by atoms with Crippen LogP contribution in [0.25, 0.3) is 6.08 Å². The minimum absolute atomic E-state index is 0.116. The van der Waals surface area contributed by atoms with Crippen LogP contribution in [0.3, 0.4) is 0 Å². The number of ether oxygens (including phenoxy) is 3. The molecule has 1 aromatic carbocycles. The van der Waals surface area contributed by atoms with Gasteiger partial charge in [0.1, 0.15) is 5.60 Å². The fraction of sp³-hybridized carbons (Fsp3) is 0.400. The van der Waals surface area contributed by atoms with Gasteiger partial charge in [0.05, 0.1) is 6.61 Å². The van der Waals surface area contributed by atoms with Crippen LogP contribution < -0.4 is 14.8 Å². The Bertz CT molecular complexity index is 539. The lowest BCUT2D eigenvalue weighted by Crippen LogP contribution is -2.43. The molecule has 6 nitrogen and oxygen atoms in total. The van der Waals surface area contributed by atoms with E-state index >= 15 is 0 Å². The van der Waals surface area contributed by atoms with E-state index in [9.17, 15) is 9.90 Å². The number of benzene rings is 1. The Hall–Kier alpha value is -2.05. The maximum Gasteiger partial charge on any atom is 0.244 e. The molecule has 1 atom stereocenters. The van der Waals surface area contributed by atoms with Crippen molar-refractivity contribution in [2.75, 3.05) is 27.1 Å². The SMILES string of the molecule is COCC(C)(O)CNC(=O)/C=C/c1ccc2c(c1)OCO2. The quantitative estimate of drug-likeness (QED) is 0.763. The van der Waals surface area contributed by atoms with Crippen molar-refractivity contribution in [1.29, 1.82) is 0 Å². The number of nitrogens with one attached hydrogen (secondary N) is 1. The standard InChI is InChI=1S/C15H19NO5/c1-15(18,9-19-2)8-16-14(17)6-4-11-3-5-12-13(7-11)21-10-20-12/h3-7,18H,8-10H2,1-2H3,(H,16,17)/b6-4+. The third kappa shape index (κ3) is 4.47. The number of hydrogen-bond donors (Lipinski definition) is 2. The van der Waals surface area contributed by atoms with Crippen LogP contribution in [0.1, 0.15) is 12.5 Å². The Kier molecular flexibility index (Phi) is 4.82. The van der Waals surface area contributed by atoms with E-state index in [2.05, 4.69) is 5.32 Å². The first-order valence-electron chi connectivity index (χ1n) is 6.57. The maximum absolute atomic E-state index is 11.7. The van der Waals surface area contributed by atoms with Crippen molar-refractivity contribution < 1.29 is 24.1 Å². The van der Waals surface area contributed by atoms with Gasteiger partial charge in [-0.25, -0.2) is 0 Å². The number of carbonyl (C=O) groups excluding carboxylic acids is 1. The Balaban J connectivity index is 1.87. The summed E-state index contributed by atoms with van der Waals surface area (Å²) in [7, 11) is 1.50. The molecule has 1 unspecified atom stereocenters. The summed E-state index contributed by atoms with van der Waals surface area (Å²) in [6.45, 7) is 2.08. The number of aliphatic hydroxyl groups is 1. The number of fused-ring (bicyclic) bond motifs is 1. The second-order valence-electron chi connectivity index (χ2n) is 5.09. The summed E-state index contributed by atoms with van der Waals surface area (Å²) in [5.41, 5.74) is -0.255. The Morgan fingerprint density at radius 1 is 1.48 bits per heavy atom. The van der Waals surface area contributed by atoms with Gasteiger partial charge in [-0.15, -0.1) is 0 Å². The Morgan fingerprint density at radius 2 is 2.24 bits per heavy atom. The van der Waals surface area contributed by atoms with Crippen LogP contribution in [0.2, 0.25) is 0 Å². The number of amides is 1. The van der Waals surface area contributed by atoms with Crippen molar-refractivity contribution in [2.24, 2.45) is 0 Å². The van der Waals surface area contributed by atoms with Gasteiger partial charge in [0.15, 0.2) is 11.5 Å². The summed E-state index contributed by atoms with van der Waals surface area (Å²) in [5, 5.41) is 12.5. The highest BCUT2D eigenvalue weighted by molar-refractivity contribution is 5.91. The van der Waals surface area contributed by atoms with Gasteiger partial charge < -0.3 is 24.6 Å². The summed E-state index contributed by atoms with van der Waals surface area (Å²) in [6.07, 6.45) is 3.07. The largest absolute Gasteiger partial charge is 0.454 e. The van der Waals surface area contributed by atoms with E-state index in [-0.39, 0.29) is 25.9 Å². The highest BCUT2D eigenvalue weighted by atomic mass is 16.7. The predicted octanol–water partition coefficient (Wildman–Crippen LogP) is 0.942. The normalized spacial score (nSPS) is 16.0. The van der Waals surface area contributed by atoms with Crippen molar-refractivity contribution in [2.45, 2.75) is 12.5 Å². The van der Waals surface area contributed by atoms with Crippen LogP contribution in [0.4, 0.5) is 0 Å². The zero-order chi connectivity index (χ0) is 15.3. The van der Waals surface area contributed by atoms with Crippen molar-refractivity contribution >= 4 is 12.0 Å². The topological polar surface area (TPSA) is 77.0 Å². The van der Waals surface area contributed by atoms with E-state index in [0.717, 1.165) is 5.56 Å². The molecule has 1 aliphatic heterocycles. The van der Waals surface area contributed by atoms with Crippen molar-refractivity contribution in [3.8, 4) is 11.5 Å². The van der Waals surface area contributed by atoms with Crippen LogP contribution >= 0.6 is 0 Å². The molecule has 1 aromatic rings. The molecule has 0 aromatic heterocycles. The lowest BCUT2D eigenvalue weighted by molar-refractivity contribution is -0.118. The first-order chi connectivity index (χ1) is 10.00. The second-order valence-corrected chi connectivity index (χ2v) is 5.09. The molecule has 0 spiro atoms. The van der Waals surface area contributed by atoms with Crippen molar-refractivity contribution in [3.63, 3.8) is 0 Å². The molecule has 0 saturated carbocycles. The second kappa shape index (κ2) is 6.60. The molecule has 0 fully saturated rings. The van der Waals surface area contributed by atoms with Gasteiger partial charge in [-0.05, 0) is 30.7 Å². The number of carbonyl (C=O) groups is 1. The van der Waals surface area contributed by atoms with Gasteiger partial charge >= 0.3 is 0 Å². The molecule has 0 saturated heterocycles. The Labute approximate surface area is 123 Å². The van der Waals surface area contributed by atoms with Gasteiger partial charge in [-0.1, -0.05) is 6.07 Å². The van der Waals surface area contributed by atoms with Gasteiger partial charge in [-0.3, -0.25) is 4.79 Å². The smallest absolute Gasteiger partial charge is 0.244 e. The summed E-state index contributed by atoms with van der Waals surface area (Å²) in [5.74, 6) is 1.08. The fourth-order valence-electron chi connectivity index (χ4n) is 1.89. The molecular weight excluding hydrogens is 274 g/mol. The zero-order valence-corrected chi connectivity index (χ0v) is 12.1. The van der Waals surface area contributed by atoms with Crippen LogP contribution in [-0.4, -0.2) is 43.7 Å². The molecular formula is C15H19NO5. The monoisotopic (exact) mass is 293 g/mol. The van der Waals surface area contributed by atoms with E-state index in [1.807, 2.05) is 6.07 Å². The highest BCUT2D eigenvalue weighted by Crippen LogP contribution is 2.32. The van der Waals surface area contributed by atoms with Gasteiger partial charge in [0.25, 0.3) is 0 Å². The lowest BCUT2D eigenvalue weighted by Gasteiger charge is -2.21. The highest BCUT2D eigenvalue weighted by Gasteiger charge is 2.20. The van der Waals surface area contributed by atoms with Gasteiger partial charge in [0.2, 0.25) is 12.7 Å². The number of rotatable bonds is 6. The predicted molar refractivity (Wildman–Crippen MR) is 77.1 cm³/mol. The molecule has 1 amide bonds. The molecule has 1 aliphatic rings. The average Bonchev–Trinajstić information content (AvgIpc) is 2.90. The van der Waals surface area contributed by atoms with Crippen LogP contribution in [0.5, 0.6) is 11.5 Å². The molecule has 6 heteroatoms. The zero-order valence-electron chi connectivity index (χ0n) is 12.1. The van der Waals surface area contributed by atoms with Crippen LogP contribution in [-0.2, 0) is 9.53 Å². The van der Waals surface area contributed by atoms with Crippen molar-refractivity contribution in [1.82, 2.24) is 5.32 Å². The fourth-order valence-corrected chi connectivity index (χ4v) is 1.89. The molecule has 114 valence electrons. The molecule has 21 heavy (non-hydrogen) atoms. The van der Waals surface area contributed by atoms with E-state index in [1.165, 1.54) is 13.2 Å². The third-order valence-electron chi connectivity index (χ3n) is 2.92. The first kappa shape index (κ1) is 15.3. The summed E-state index contributed by atoms with van der Waals surface area (Å²) in [4.78, 5) is 11.7. The van der Waals surface area contributed by atoms with Crippen molar-refractivity contribution in [3.05, 3.63) is 29.8 Å². The average molecular weight is 293 g/mol. The lowest BCUT2D eigenvalue weighted by atomic mass is 10.1. The molecule has 0 aliphatic carbocycles. The van der Waals surface area contributed by atoms with Gasteiger partial charge in [0, 0.05) is 19.7 Å². The van der Waals surface area contributed by atoms with Crippen LogP contribution in [0, 0.1) is 0 Å². The number of methoxy groups -OCH3 is 1. The molecule has 2 N–H and O–H groups in total. The Morgan fingerprint density at radius 3 is 3.00 bits per heavy atom. The van der Waals surface area contributed by atoms with E-state index in [4.69, 9.17) is 14.2 Å². The van der Waals surface area contributed by atoms with Crippen LogP contribution in [0.15, 0.2) is 24.3 Å². The minimum Gasteiger partial charge on any atom is -0.454 e. The summed E-state index contributed by atoms with van der Waals surface area (Å²) in [6, 6.07) is 5.43. The molecule has 1 heterocycles. The van der Waals surface area contributed by atoms with E-state index in [0.29, 0.717) is 11.5 Å². The maximum atomic E-state index is 11.7. The first-order valence-corrected chi connectivity index (χ1v) is 6.57. The summed E-state index contributed by atoms with van der Waals surface area (Å²) >= 11 is 0. The molecule has 0 radical (unpaired) electrons. The molecule has 2 rings (SSSR count). The van der Waals surface area contributed by atoms with Gasteiger partial charge in [-0.2, -0.15) is 0 Å².